The van der Waals surface area contributed by atoms with Gasteiger partial charge >= 0.3 is 0 Å². The van der Waals surface area contributed by atoms with Crippen LogP contribution in [0.15, 0.2) is 44.4 Å². The number of aromatic nitrogens is 2. The maximum atomic E-state index is 13.7. The van der Waals surface area contributed by atoms with Gasteiger partial charge in [-0.2, -0.15) is 9.29 Å². The van der Waals surface area contributed by atoms with Crippen LogP contribution >= 0.6 is 11.8 Å². The van der Waals surface area contributed by atoms with Gasteiger partial charge in [-0.05, 0) is 43.5 Å². The number of furan rings is 1. The molecule has 0 spiro atoms. The molecule has 0 saturated carbocycles. The molecule has 1 aliphatic heterocycles. The lowest BCUT2D eigenvalue weighted by atomic mass is 10.1. The molecule has 0 unspecified atom stereocenters. The van der Waals surface area contributed by atoms with Crippen molar-refractivity contribution in [1.29, 1.82) is 0 Å². The molecule has 3 aromatic rings. The molecule has 29 heavy (non-hydrogen) atoms. The van der Waals surface area contributed by atoms with Crippen LogP contribution in [0.2, 0.25) is 0 Å². The first-order valence-electron chi connectivity index (χ1n) is 9.19. The molecule has 7 nitrogen and oxygen atoms in total. The molecule has 0 bridgehead atoms. The molecule has 1 fully saturated rings. The average molecular weight is 438 g/mol. The Morgan fingerprint density at radius 3 is 2.72 bits per heavy atom. The maximum Gasteiger partial charge on any atom is 0.276 e. The van der Waals surface area contributed by atoms with Crippen LogP contribution in [0.5, 0.6) is 0 Å². The number of sulfonamides is 1. The van der Waals surface area contributed by atoms with E-state index in [-0.39, 0.29) is 10.9 Å². The fourth-order valence-corrected chi connectivity index (χ4v) is 5.23. The minimum Gasteiger partial charge on any atom is -0.447 e. The second kappa shape index (κ2) is 8.29. The second-order valence-corrected chi connectivity index (χ2v) is 9.65. The topological polar surface area (TPSA) is 89.4 Å². The summed E-state index contributed by atoms with van der Waals surface area (Å²) in [5.74, 6) is 1.87. The van der Waals surface area contributed by atoms with E-state index in [1.165, 1.54) is 28.2 Å². The second-order valence-electron chi connectivity index (χ2n) is 6.80. The molecule has 0 N–H and O–H groups in total. The zero-order valence-electron chi connectivity index (χ0n) is 15.8. The zero-order chi connectivity index (χ0) is 20.4. The van der Waals surface area contributed by atoms with Crippen LogP contribution in [0, 0.1) is 12.7 Å². The van der Waals surface area contributed by atoms with Gasteiger partial charge in [0.05, 0.1) is 11.5 Å². The molecule has 4 rings (SSSR count). The fraction of sp³-hybridized carbons (Fsp3) is 0.368. The maximum absolute atomic E-state index is 13.7. The summed E-state index contributed by atoms with van der Waals surface area (Å²) in [5.41, 5.74) is 1.11. The monoisotopic (exact) mass is 437 g/mol. The lowest BCUT2D eigenvalue weighted by molar-refractivity contribution is 0.390. The minimum absolute atomic E-state index is 0.0172. The first-order valence-corrected chi connectivity index (χ1v) is 11.8. The Morgan fingerprint density at radius 2 is 1.97 bits per heavy atom. The molecule has 0 amide bonds. The van der Waals surface area contributed by atoms with Gasteiger partial charge in [-0.15, -0.1) is 11.8 Å². The highest BCUT2D eigenvalue weighted by molar-refractivity contribution is 7.97. The Bertz CT molecular complexity index is 1100. The summed E-state index contributed by atoms with van der Waals surface area (Å²) in [6.07, 6.45) is 1.76. The summed E-state index contributed by atoms with van der Waals surface area (Å²) in [5, 5.41) is 3.87. The first kappa shape index (κ1) is 20.1. The number of aryl methyl sites for hydroxylation is 1. The Morgan fingerprint density at radius 1 is 1.17 bits per heavy atom. The summed E-state index contributed by atoms with van der Waals surface area (Å²) >= 11 is 1.46. The van der Waals surface area contributed by atoms with Gasteiger partial charge in [0.1, 0.15) is 11.6 Å². The molecule has 10 heteroatoms. The molecule has 3 heterocycles. The van der Waals surface area contributed by atoms with Crippen molar-refractivity contribution >= 4 is 21.8 Å². The van der Waals surface area contributed by atoms with Crippen molar-refractivity contribution in [3.63, 3.8) is 0 Å². The lowest BCUT2D eigenvalue weighted by Gasteiger charge is -2.12. The smallest absolute Gasteiger partial charge is 0.276 e. The van der Waals surface area contributed by atoms with Gasteiger partial charge in [-0.1, -0.05) is 17.3 Å². The number of hydrogen-bond acceptors (Lipinski definition) is 7. The summed E-state index contributed by atoms with van der Waals surface area (Å²) in [7, 11) is -3.54. The lowest BCUT2D eigenvalue weighted by Crippen LogP contribution is -2.27. The van der Waals surface area contributed by atoms with Crippen LogP contribution in [-0.4, -0.2) is 36.0 Å². The van der Waals surface area contributed by atoms with E-state index in [9.17, 15) is 12.8 Å². The molecule has 1 saturated heterocycles. The Hall–Kier alpha value is -2.17. The van der Waals surface area contributed by atoms with Gasteiger partial charge < -0.3 is 8.94 Å². The van der Waals surface area contributed by atoms with Crippen molar-refractivity contribution < 1.29 is 21.7 Å². The molecule has 0 radical (unpaired) electrons. The van der Waals surface area contributed by atoms with Gasteiger partial charge in [-0.3, -0.25) is 0 Å². The highest BCUT2D eigenvalue weighted by Gasteiger charge is 2.29. The van der Waals surface area contributed by atoms with Gasteiger partial charge in [0, 0.05) is 18.7 Å². The van der Waals surface area contributed by atoms with E-state index in [0.717, 1.165) is 12.8 Å². The largest absolute Gasteiger partial charge is 0.447 e. The van der Waals surface area contributed by atoms with E-state index < -0.39 is 10.0 Å². The summed E-state index contributed by atoms with van der Waals surface area (Å²) in [4.78, 5) is 4.28. The van der Waals surface area contributed by atoms with E-state index in [0.29, 0.717) is 53.2 Å². The molecular formula is C19H20FN3O4S2. The molecule has 0 aliphatic carbocycles. The SMILES string of the molecule is Cc1ccc(-c2noc(CSCc3ccc(S(=O)(=O)N4CCCC4)o3)n2)cc1F. The normalized spacial score (nSPS) is 15.2. The Balaban J connectivity index is 1.35. The summed E-state index contributed by atoms with van der Waals surface area (Å²) in [6.45, 7) is 2.77. The van der Waals surface area contributed by atoms with Crippen molar-refractivity contribution in [2.24, 2.45) is 0 Å². The number of nitrogens with zero attached hydrogens (tertiary/aromatic N) is 3. The fourth-order valence-electron chi connectivity index (χ4n) is 3.03. The van der Waals surface area contributed by atoms with Crippen LogP contribution in [0.3, 0.4) is 0 Å². The minimum atomic E-state index is -3.54. The van der Waals surface area contributed by atoms with Crippen molar-refractivity contribution in [2.75, 3.05) is 13.1 Å². The van der Waals surface area contributed by atoms with Crippen molar-refractivity contribution in [3.05, 3.63) is 53.4 Å². The molecule has 1 aliphatic rings. The van der Waals surface area contributed by atoms with E-state index in [1.807, 2.05) is 0 Å². The highest BCUT2D eigenvalue weighted by Crippen LogP contribution is 2.26. The zero-order valence-corrected chi connectivity index (χ0v) is 17.4. The van der Waals surface area contributed by atoms with E-state index in [4.69, 9.17) is 8.94 Å². The van der Waals surface area contributed by atoms with E-state index >= 15 is 0 Å². The van der Waals surface area contributed by atoms with Gasteiger partial charge in [0.2, 0.25) is 16.8 Å². The van der Waals surface area contributed by atoms with Crippen LogP contribution in [0.1, 0.15) is 30.1 Å². The van der Waals surface area contributed by atoms with Crippen molar-refractivity contribution in [2.45, 2.75) is 36.4 Å². The van der Waals surface area contributed by atoms with Gasteiger partial charge in [-0.25, -0.2) is 12.8 Å². The summed E-state index contributed by atoms with van der Waals surface area (Å²) < 4.78 is 50.9. The first-order chi connectivity index (χ1) is 13.9. The summed E-state index contributed by atoms with van der Waals surface area (Å²) in [6, 6.07) is 7.96. The highest BCUT2D eigenvalue weighted by atomic mass is 32.2. The molecule has 2 aromatic heterocycles. The quantitative estimate of drug-likeness (QED) is 0.552. The molecule has 154 valence electrons. The third-order valence-electron chi connectivity index (χ3n) is 4.66. The number of benzene rings is 1. The number of rotatable bonds is 7. The van der Waals surface area contributed by atoms with Gasteiger partial charge in [0.15, 0.2) is 0 Å². The van der Waals surface area contributed by atoms with Crippen molar-refractivity contribution in [3.8, 4) is 11.4 Å². The predicted octanol–water partition coefficient (Wildman–Crippen LogP) is 4.00. The standard InChI is InChI=1S/C19H20FN3O4S2/c1-13-4-5-14(10-16(13)20)19-21-17(27-22-19)12-28-11-15-6-7-18(26-15)29(24,25)23-8-2-3-9-23/h4-7,10H,2-3,8-9,11-12H2,1H3. The number of halogens is 1. The molecular weight excluding hydrogens is 417 g/mol. The van der Waals surface area contributed by atoms with E-state index in [2.05, 4.69) is 10.1 Å². The van der Waals surface area contributed by atoms with Crippen LogP contribution in [-0.2, 0) is 21.5 Å². The molecule has 0 atom stereocenters. The van der Waals surface area contributed by atoms with Crippen LogP contribution in [0.25, 0.3) is 11.4 Å². The third-order valence-corrected chi connectivity index (χ3v) is 7.38. The van der Waals surface area contributed by atoms with Gasteiger partial charge in [0.25, 0.3) is 10.0 Å². The predicted molar refractivity (Wildman–Crippen MR) is 106 cm³/mol. The number of thioether (sulfide) groups is 1. The Labute approximate surface area is 172 Å². The molecule has 1 aromatic carbocycles. The van der Waals surface area contributed by atoms with Crippen molar-refractivity contribution in [1.82, 2.24) is 14.4 Å². The Kier molecular flexibility index (Phi) is 5.75. The van der Waals surface area contributed by atoms with Crippen LogP contribution in [0.4, 0.5) is 4.39 Å². The van der Waals surface area contributed by atoms with E-state index in [1.54, 1.807) is 25.1 Å². The number of hydrogen-bond donors (Lipinski definition) is 0. The third kappa shape index (κ3) is 4.39. The van der Waals surface area contributed by atoms with Crippen LogP contribution < -0.4 is 0 Å². The average Bonchev–Trinajstić information content (AvgIpc) is 3.46.